The molecule has 0 aliphatic carbocycles. The molecule has 0 radical (unpaired) electrons. The number of carbonyl (C=O) groups excluding carboxylic acids is 2. The summed E-state index contributed by atoms with van der Waals surface area (Å²) in [4.78, 5) is 28.4. The molecule has 220 valence electrons. The molecular weight excluding hydrogens is 585 g/mol. The lowest BCUT2D eigenvalue weighted by atomic mass is 10.1. The van der Waals surface area contributed by atoms with E-state index in [4.69, 9.17) is 27.9 Å². The Kier molecular flexibility index (Phi) is 11.5. The zero-order valence-electron chi connectivity index (χ0n) is 23.6. The van der Waals surface area contributed by atoms with Crippen LogP contribution in [0.15, 0.2) is 71.6 Å². The van der Waals surface area contributed by atoms with Gasteiger partial charge in [-0.25, -0.2) is 8.42 Å². The highest BCUT2D eigenvalue weighted by molar-refractivity contribution is 7.92. The number of aryl methyl sites for hydroxylation is 1. The number of nitrogens with one attached hydrogen (secondary N) is 1. The van der Waals surface area contributed by atoms with E-state index in [-0.39, 0.29) is 33.1 Å². The third kappa shape index (κ3) is 8.61. The van der Waals surface area contributed by atoms with Gasteiger partial charge in [0.15, 0.2) is 0 Å². The first kappa shape index (κ1) is 32.2. The van der Waals surface area contributed by atoms with Gasteiger partial charge in [-0.3, -0.25) is 13.9 Å². The lowest BCUT2D eigenvalue weighted by molar-refractivity contribution is -0.139. The third-order valence-electron chi connectivity index (χ3n) is 6.53. The number of hydrogen-bond acceptors (Lipinski definition) is 5. The Morgan fingerprint density at radius 3 is 2.15 bits per heavy atom. The first-order valence-electron chi connectivity index (χ1n) is 13.2. The molecule has 0 aliphatic heterocycles. The van der Waals surface area contributed by atoms with Gasteiger partial charge in [-0.2, -0.15) is 0 Å². The molecule has 0 aromatic heterocycles. The molecule has 3 rings (SSSR count). The molecule has 0 aliphatic rings. The second-order valence-electron chi connectivity index (χ2n) is 9.64. The molecule has 11 heteroatoms. The van der Waals surface area contributed by atoms with E-state index in [1.54, 1.807) is 50.4 Å². The number of hydrogen-bond donors (Lipinski definition) is 1. The Morgan fingerprint density at radius 2 is 1.59 bits per heavy atom. The summed E-state index contributed by atoms with van der Waals surface area (Å²) in [7, 11) is -2.67. The van der Waals surface area contributed by atoms with Crippen molar-refractivity contribution in [1.82, 2.24) is 10.2 Å². The number of unbranched alkanes of at least 4 members (excludes halogenated alkanes) is 1. The van der Waals surface area contributed by atoms with Crippen LogP contribution in [0, 0.1) is 6.92 Å². The molecule has 1 N–H and O–H groups in total. The minimum atomic E-state index is -4.23. The number of carbonyl (C=O) groups is 2. The lowest BCUT2D eigenvalue weighted by Crippen LogP contribution is -2.51. The molecule has 3 aromatic rings. The summed E-state index contributed by atoms with van der Waals surface area (Å²) in [6.45, 7) is 5.44. The summed E-state index contributed by atoms with van der Waals surface area (Å²) >= 11 is 12.5. The van der Waals surface area contributed by atoms with Crippen LogP contribution < -0.4 is 14.4 Å². The predicted octanol–water partition coefficient (Wildman–Crippen LogP) is 5.84. The van der Waals surface area contributed by atoms with Gasteiger partial charge in [0, 0.05) is 23.1 Å². The molecule has 2 amide bonds. The molecule has 3 aromatic carbocycles. The largest absolute Gasteiger partial charge is 0.497 e. The van der Waals surface area contributed by atoms with Crippen LogP contribution in [0.1, 0.15) is 37.8 Å². The van der Waals surface area contributed by atoms with Gasteiger partial charge in [0.05, 0.1) is 17.7 Å². The molecule has 8 nitrogen and oxygen atoms in total. The average molecular weight is 621 g/mol. The van der Waals surface area contributed by atoms with Gasteiger partial charge in [-0.1, -0.05) is 66.4 Å². The van der Waals surface area contributed by atoms with Crippen molar-refractivity contribution in [3.63, 3.8) is 0 Å². The molecule has 41 heavy (non-hydrogen) atoms. The predicted molar refractivity (Wildman–Crippen MR) is 163 cm³/mol. The molecule has 0 fully saturated rings. The fraction of sp³-hybridized carbons (Fsp3) is 0.333. The van der Waals surface area contributed by atoms with Crippen LogP contribution in [0.5, 0.6) is 5.75 Å². The maximum atomic E-state index is 14.0. The van der Waals surface area contributed by atoms with Crippen LogP contribution in [0.3, 0.4) is 0 Å². The van der Waals surface area contributed by atoms with Crippen molar-refractivity contribution in [2.45, 2.75) is 51.1 Å². The van der Waals surface area contributed by atoms with E-state index in [1.165, 1.54) is 35.2 Å². The monoisotopic (exact) mass is 619 g/mol. The normalized spacial score (nSPS) is 12.0. The second-order valence-corrected chi connectivity index (χ2v) is 12.4. The summed E-state index contributed by atoms with van der Waals surface area (Å²) in [5.41, 5.74) is 1.75. The minimum absolute atomic E-state index is 0.000871. The SMILES string of the molecule is CCCCNC(=O)[C@H](C)N(Cc1ccc(OC)cc1)C(=O)CN(c1cc(Cl)cc(Cl)c1)S(=O)(=O)c1ccc(C)cc1. The van der Waals surface area contributed by atoms with E-state index >= 15 is 0 Å². The van der Waals surface area contributed by atoms with Gasteiger partial charge in [0.1, 0.15) is 18.3 Å². The Morgan fingerprint density at radius 1 is 0.976 bits per heavy atom. The van der Waals surface area contributed by atoms with Crippen molar-refractivity contribution in [2.75, 3.05) is 24.5 Å². The van der Waals surface area contributed by atoms with Crippen molar-refractivity contribution in [2.24, 2.45) is 0 Å². The summed E-state index contributed by atoms with van der Waals surface area (Å²) in [6.07, 6.45) is 1.69. The quantitative estimate of drug-likeness (QED) is 0.243. The van der Waals surface area contributed by atoms with Gasteiger partial charge in [0.25, 0.3) is 10.0 Å². The highest BCUT2D eigenvalue weighted by Crippen LogP contribution is 2.30. The van der Waals surface area contributed by atoms with E-state index in [1.807, 2.05) is 13.8 Å². The number of benzene rings is 3. The Bertz CT molecular complexity index is 1430. The molecule has 0 saturated carbocycles. The number of nitrogens with zero attached hydrogens (tertiary/aromatic N) is 2. The van der Waals surface area contributed by atoms with Crippen LogP contribution in [0.4, 0.5) is 5.69 Å². The minimum Gasteiger partial charge on any atom is -0.497 e. The number of ether oxygens (including phenoxy) is 1. The van der Waals surface area contributed by atoms with Gasteiger partial charge < -0.3 is 15.0 Å². The van der Waals surface area contributed by atoms with E-state index < -0.39 is 28.5 Å². The van der Waals surface area contributed by atoms with Crippen molar-refractivity contribution in [3.05, 3.63) is 87.9 Å². The molecule has 0 bridgehead atoms. The highest BCUT2D eigenvalue weighted by Gasteiger charge is 2.32. The second kappa shape index (κ2) is 14.6. The third-order valence-corrected chi connectivity index (χ3v) is 8.76. The van der Waals surface area contributed by atoms with Gasteiger partial charge in [-0.15, -0.1) is 0 Å². The van der Waals surface area contributed by atoms with E-state index in [9.17, 15) is 18.0 Å². The summed E-state index contributed by atoms with van der Waals surface area (Å²) in [6, 6.07) is 16.9. The Hall–Kier alpha value is -3.27. The first-order chi connectivity index (χ1) is 19.5. The smallest absolute Gasteiger partial charge is 0.264 e. The van der Waals surface area contributed by atoms with Crippen LogP contribution in [0.2, 0.25) is 10.0 Å². The fourth-order valence-electron chi connectivity index (χ4n) is 4.10. The number of halogens is 2. The summed E-state index contributed by atoms with van der Waals surface area (Å²) in [5, 5.41) is 3.29. The number of sulfonamides is 1. The molecule has 0 heterocycles. The topological polar surface area (TPSA) is 96.0 Å². The van der Waals surface area contributed by atoms with Gasteiger partial charge in [0.2, 0.25) is 11.8 Å². The maximum Gasteiger partial charge on any atom is 0.264 e. The molecule has 0 unspecified atom stereocenters. The van der Waals surface area contributed by atoms with E-state index in [0.717, 1.165) is 28.3 Å². The number of anilines is 1. The van der Waals surface area contributed by atoms with Crippen LogP contribution >= 0.6 is 23.2 Å². The molecular formula is C30H35Cl2N3O5S. The van der Waals surface area contributed by atoms with Crippen LogP contribution in [0.25, 0.3) is 0 Å². The van der Waals surface area contributed by atoms with Crippen LogP contribution in [-0.2, 0) is 26.2 Å². The maximum absolute atomic E-state index is 14.0. The zero-order valence-corrected chi connectivity index (χ0v) is 25.9. The first-order valence-corrected chi connectivity index (χ1v) is 15.4. The van der Waals surface area contributed by atoms with E-state index in [0.29, 0.717) is 12.3 Å². The Labute approximate surface area is 252 Å². The Balaban J connectivity index is 2.03. The number of amides is 2. The average Bonchev–Trinajstić information content (AvgIpc) is 2.94. The fourth-order valence-corrected chi connectivity index (χ4v) is 6.01. The summed E-state index contributed by atoms with van der Waals surface area (Å²) in [5.74, 6) is -0.269. The zero-order chi connectivity index (χ0) is 30.2. The van der Waals surface area contributed by atoms with Crippen molar-refractivity contribution in [1.29, 1.82) is 0 Å². The number of methoxy groups -OCH3 is 1. The van der Waals surface area contributed by atoms with Crippen molar-refractivity contribution < 1.29 is 22.7 Å². The van der Waals surface area contributed by atoms with Crippen LogP contribution in [-0.4, -0.2) is 51.4 Å². The number of rotatable bonds is 13. The molecule has 1 atom stereocenters. The van der Waals surface area contributed by atoms with E-state index in [2.05, 4.69) is 5.32 Å². The summed E-state index contributed by atoms with van der Waals surface area (Å²) < 4.78 is 34.0. The standard InChI is InChI=1S/C30H35Cl2N3O5S/c1-5-6-15-33-30(37)22(3)34(19-23-9-11-27(40-4)12-10-23)29(36)20-35(26-17-24(31)16-25(32)18-26)41(38,39)28-13-7-21(2)8-14-28/h7-14,16-18,22H,5-6,15,19-20H2,1-4H3,(H,33,37)/t22-/m0/s1. The van der Waals surface area contributed by atoms with Gasteiger partial charge >= 0.3 is 0 Å². The van der Waals surface area contributed by atoms with Gasteiger partial charge in [-0.05, 0) is 68.3 Å². The molecule has 0 saturated heterocycles. The van der Waals surface area contributed by atoms with Crippen molar-refractivity contribution in [3.8, 4) is 5.75 Å². The highest BCUT2D eigenvalue weighted by atomic mass is 35.5. The van der Waals surface area contributed by atoms with Crippen molar-refractivity contribution >= 4 is 50.7 Å². The lowest BCUT2D eigenvalue weighted by Gasteiger charge is -2.32. The molecule has 0 spiro atoms.